The van der Waals surface area contributed by atoms with E-state index in [1.165, 1.54) is 65.5 Å². The van der Waals surface area contributed by atoms with E-state index in [-0.39, 0.29) is 5.41 Å². The molecule has 0 unspecified atom stereocenters. The zero-order valence-electron chi connectivity index (χ0n) is 21.5. The molecule has 0 N–H and O–H groups in total. The second-order valence-corrected chi connectivity index (χ2v) is 10.1. The highest BCUT2D eigenvalue weighted by atomic mass is 16.5. The van der Waals surface area contributed by atoms with Gasteiger partial charge in [0.2, 0.25) is 0 Å². The summed E-state index contributed by atoms with van der Waals surface area (Å²) in [4.78, 5) is 0. The minimum Gasteiger partial charge on any atom is -0.497 e. The Morgan fingerprint density at radius 1 is 0.472 bits per heavy atom. The van der Waals surface area contributed by atoms with Gasteiger partial charge in [-0.2, -0.15) is 0 Å². The topological polar surface area (TPSA) is 18.5 Å². The Morgan fingerprint density at radius 3 is 1.14 bits per heavy atom. The Balaban J connectivity index is 1.35. The van der Waals surface area contributed by atoms with Crippen molar-refractivity contribution in [1.29, 1.82) is 0 Å². The summed E-state index contributed by atoms with van der Waals surface area (Å²) in [6, 6.07) is 35.6. The molecule has 0 aromatic heterocycles. The first kappa shape index (κ1) is 24.2. The lowest BCUT2D eigenvalue weighted by molar-refractivity contribution is 0.346. The molecule has 0 amide bonds. The Kier molecular flexibility index (Phi) is 7.41. The van der Waals surface area contributed by atoms with E-state index in [9.17, 15) is 0 Å². The largest absolute Gasteiger partial charge is 0.497 e. The van der Waals surface area contributed by atoms with Gasteiger partial charge in [0, 0.05) is 5.41 Å². The van der Waals surface area contributed by atoms with Gasteiger partial charge < -0.3 is 9.47 Å². The monoisotopic (exact) mass is 476 g/mol. The van der Waals surface area contributed by atoms with Crippen LogP contribution < -0.4 is 9.47 Å². The number of methoxy groups -OCH3 is 2. The van der Waals surface area contributed by atoms with Crippen LogP contribution in [0.4, 0.5) is 0 Å². The summed E-state index contributed by atoms with van der Waals surface area (Å²) in [6.07, 6.45) is 8.26. The van der Waals surface area contributed by atoms with Crippen LogP contribution in [-0.4, -0.2) is 14.2 Å². The number of ether oxygens (including phenoxy) is 2. The summed E-state index contributed by atoms with van der Waals surface area (Å²) in [5.41, 5.74) is 8.36. The molecule has 2 heteroatoms. The molecule has 0 bridgehead atoms. The van der Waals surface area contributed by atoms with Crippen molar-refractivity contribution in [2.75, 3.05) is 14.2 Å². The lowest BCUT2D eigenvalue weighted by atomic mass is 9.65. The second kappa shape index (κ2) is 11.0. The third-order valence-corrected chi connectivity index (χ3v) is 7.85. The molecule has 4 aromatic rings. The van der Waals surface area contributed by atoms with E-state index in [0.29, 0.717) is 0 Å². The van der Waals surface area contributed by atoms with Crippen LogP contribution in [0.25, 0.3) is 0 Å². The maximum atomic E-state index is 5.30. The van der Waals surface area contributed by atoms with Crippen LogP contribution in [0.3, 0.4) is 0 Å². The maximum absolute atomic E-state index is 5.30. The number of rotatable bonds is 8. The van der Waals surface area contributed by atoms with E-state index in [1.807, 2.05) is 24.3 Å². The average molecular weight is 477 g/mol. The fraction of sp³-hybridized carbons (Fsp3) is 0.294. The zero-order valence-corrected chi connectivity index (χ0v) is 21.5. The molecule has 1 fully saturated rings. The van der Waals surface area contributed by atoms with Crippen molar-refractivity contribution >= 4 is 0 Å². The quantitative estimate of drug-likeness (QED) is 0.255. The van der Waals surface area contributed by atoms with Crippen molar-refractivity contribution in [2.24, 2.45) is 0 Å². The fourth-order valence-electron chi connectivity index (χ4n) is 5.74. The van der Waals surface area contributed by atoms with Crippen molar-refractivity contribution in [2.45, 2.75) is 50.4 Å². The van der Waals surface area contributed by atoms with E-state index in [4.69, 9.17) is 9.47 Å². The van der Waals surface area contributed by atoms with Gasteiger partial charge in [0.1, 0.15) is 11.5 Å². The molecule has 4 aromatic carbocycles. The minimum absolute atomic E-state index is 0.121. The van der Waals surface area contributed by atoms with Crippen molar-refractivity contribution in [3.05, 3.63) is 130 Å². The van der Waals surface area contributed by atoms with Crippen LogP contribution in [-0.2, 0) is 18.3 Å². The molecular formula is C34H36O2. The molecule has 36 heavy (non-hydrogen) atoms. The minimum atomic E-state index is 0.121. The Morgan fingerprint density at radius 2 is 0.806 bits per heavy atom. The van der Waals surface area contributed by atoms with E-state index >= 15 is 0 Å². The van der Waals surface area contributed by atoms with Crippen LogP contribution in [0.5, 0.6) is 11.5 Å². The lowest BCUT2D eigenvalue weighted by Crippen LogP contribution is -2.30. The second-order valence-electron chi connectivity index (χ2n) is 10.1. The van der Waals surface area contributed by atoms with E-state index < -0.39 is 0 Å². The van der Waals surface area contributed by atoms with Crippen LogP contribution in [0.2, 0.25) is 0 Å². The van der Waals surface area contributed by atoms with Crippen LogP contribution in [0.1, 0.15) is 65.5 Å². The van der Waals surface area contributed by atoms with Gasteiger partial charge in [0.25, 0.3) is 0 Å². The zero-order chi connectivity index (χ0) is 24.8. The van der Waals surface area contributed by atoms with Crippen molar-refractivity contribution in [3.63, 3.8) is 0 Å². The summed E-state index contributed by atoms with van der Waals surface area (Å²) in [7, 11) is 3.42. The Bertz CT molecular complexity index is 1140. The van der Waals surface area contributed by atoms with Crippen LogP contribution >= 0.6 is 0 Å². The lowest BCUT2D eigenvalue weighted by Gasteiger charge is -2.39. The molecule has 1 saturated carbocycles. The van der Waals surface area contributed by atoms with Gasteiger partial charge in [0.05, 0.1) is 14.2 Å². The summed E-state index contributed by atoms with van der Waals surface area (Å²) in [5, 5.41) is 0. The Hall–Kier alpha value is -3.52. The van der Waals surface area contributed by atoms with Gasteiger partial charge >= 0.3 is 0 Å². The highest BCUT2D eigenvalue weighted by Gasteiger charge is 2.35. The number of benzene rings is 4. The van der Waals surface area contributed by atoms with Gasteiger partial charge in [-0.15, -0.1) is 0 Å². The number of hydrogen-bond acceptors (Lipinski definition) is 2. The highest BCUT2D eigenvalue weighted by Crippen LogP contribution is 2.45. The fourth-order valence-corrected chi connectivity index (χ4v) is 5.74. The third-order valence-electron chi connectivity index (χ3n) is 7.85. The molecule has 5 rings (SSSR count). The van der Waals surface area contributed by atoms with Crippen molar-refractivity contribution in [1.82, 2.24) is 0 Å². The molecule has 0 saturated heterocycles. The van der Waals surface area contributed by atoms with Gasteiger partial charge in [-0.05, 0) is 83.3 Å². The molecule has 2 nitrogen and oxygen atoms in total. The predicted octanol–water partition coefficient (Wildman–Crippen LogP) is 8.14. The summed E-state index contributed by atoms with van der Waals surface area (Å²) < 4.78 is 10.6. The standard InChI is InChI=1S/C34H36O2/c1-35-32-18-10-28(11-19-32)24-26-6-14-30(15-7-26)34(22-4-3-5-23-34)31-16-8-27(9-17-31)25-29-12-20-33(36-2)21-13-29/h6-21H,3-5,22-25H2,1-2H3. The first-order valence-corrected chi connectivity index (χ1v) is 13.1. The first-order valence-electron chi connectivity index (χ1n) is 13.1. The highest BCUT2D eigenvalue weighted by molar-refractivity contribution is 5.43. The van der Waals surface area contributed by atoms with Crippen LogP contribution in [0.15, 0.2) is 97.1 Å². The van der Waals surface area contributed by atoms with Gasteiger partial charge in [-0.3, -0.25) is 0 Å². The molecule has 1 aliphatic rings. The average Bonchev–Trinajstić information content (AvgIpc) is 2.95. The molecule has 184 valence electrons. The molecule has 0 spiro atoms. The molecular weight excluding hydrogens is 440 g/mol. The Labute approximate surface area is 215 Å². The predicted molar refractivity (Wildman–Crippen MR) is 148 cm³/mol. The van der Waals surface area contributed by atoms with E-state index in [1.54, 1.807) is 14.2 Å². The van der Waals surface area contributed by atoms with Gasteiger partial charge in [-0.25, -0.2) is 0 Å². The summed E-state index contributed by atoms with van der Waals surface area (Å²) >= 11 is 0. The van der Waals surface area contributed by atoms with Crippen molar-refractivity contribution < 1.29 is 9.47 Å². The molecule has 0 heterocycles. The first-order chi connectivity index (χ1) is 17.7. The molecule has 1 aliphatic carbocycles. The third kappa shape index (κ3) is 5.33. The SMILES string of the molecule is COc1ccc(Cc2ccc(C3(c4ccc(Cc5ccc(OC)cc5)cc4)CCCCC3)cc2)cc1. The summed E-state index contributed by atoms with van der Waals surface area (Å²) in [5.74, 6) is 1.81. The van der Waals surface area contributed by atoms with Gasteiger partial charge in [-0.1, -0.05) is 92.1 Å². The smallest absolute Gasteiger partial charge is 0.118 e. The molecule has 0 atom stereocenters. The van der Waals surface area contributed by atoms with E-state index in [2.05, 4.69) is 72.8 Å². The van der Waals surface area contributed by atoms with E-state index in [0.717, 1.165) is 24.3 Å². The van der Waals surface area contributed by atoms with Gasteiger partial charge in [0.15, 0.2) is 0 Å². The normalized spacial score (nSPS) is 14.8. The molecule has 0 aliphatic heterocycles. The van der Waals surface area contributed by atoms with Crippen molar-refractivity contribution in [3.8, 4) is 11.5 Å². The molecule has 0 radical (unpaired) electrons. The maximum Gasteiger partial charge on any atom is 0.118 e. The number of hydrogen-bond donors (Lipinski definition) is 0. The summed E-state index contributed by atoms with van der Waals surface area (Å²) in [6.45, 7) is 0. The van der Waals surface area contributed by atoms with Crippen LogP contribution in [0, 0.1) is 0 Å².